The van der Waals surface area contributed by atoms with Crippen molar-refractivity contribution in [1.82, 2.24) is 0 Å². The third kappa shape index (κ3) is 3.61. The zero-order chi connectivity index (χ0) is 23.6. The second-order valence-corrected chi connectivity index (χ2v) is 10.3. The Labute approximate surface area is 184 Å². The van der Waals surface area contributed by atoms with Crippen LogP contribution < -0.4 is 0 Å². The summed E-state index contributed by atoms with van der Waals surface area (Å²) in [4.78, 5) is 48.2. The quantitative estimate of drug-likeness (QED) is 0.482. The summed E-state index contributed by atoms with van der Waals surface area (Å²) in [6.07, 6.45) is 1.34. The van der Waals surface area contributed by atoms with E-state index < -0.39 is 27.1 Å². The first-order valence-corrected chi connectivity index (χ1v) is 10.4. The molecule has 3 aliphatic rings. The number of rotatable bonds is 3. The van der Waals surface area contributed by atoms with Gasteiger partial charge >= 0.3 is 0 Å². The Morgan fingerprint density at radius 1 is 0.844 bits per heavy atom. The number of allylic oxidation sites excluding steroid dienone is 4. The molecule has 0 saturated heterocycles. The topological polar surface area (TPSA) is 130 Å². The highest BCUT2D eigenvalue weighted by Crippen LogP contribution is 2.54. The van der Waals surface area contributed by atoms with Crippen LogP contribution in [0.3, 0.4) is 0 Å². The van der Waals surface area contributed by atoms with Crippen molar-refractivity contribution in [2.75, 3.05) is 0 Å². The fourth-order valence-corrected chi connectivity index (χ4v) is 5.03. The SMILES string of the molecule is CC1(C)CC(=O)C2=C(C1)OC1=C(C(=O)CC(C)(C)C1)C2c1ccc([N+](=O)[O-])cc1[N+](=O)[O-]. The maximum atomic E-state index is 13.2. The lowest BCUT2D eigenvalue weighted by Crippen LogP contribution is -2.37. The van der Waals surface area contributed by atoms with Gasteiger partial charge in [0.05, 0.1) is 21.8 Å². The van der Waals surface area contributed by atoms with Crippen LogP contribution in [0.2, 0.25) is 0 Å². The number of carbonyl (C=O) groups is 2. The number of nitro benzene ring substituents is 2. The van der Waals surface area contributed by atoms with Crippen molar-refractivity contribution in [2.24, 2.45) is 10.8 Å². The zero-order valence-corrected chi connectivity index (χ0v) is 18.4. The molecule has 1 heterocycles. The molecule has 0 saturated carbocycles. The van der Waals surface area contributed by atoms with Crippen molar-refractivity contribution in [3.05, 3.63) is 66.7 Å². The molecule has 168 valence electrons. The number of ether oxygens (including phenoxy) is 1. The Morgan fingerprint density at radius 3 is 1.78 bits per heavy atom. The number of non-ortho nitro benzene ring substituents is 1. The highest BCUT2D eigenvalue weighted by atomic mass is 16.6. The van der Waals surface area contributed by atoms with Gasteiger partial charge in [0.2, 0.25) is 0 Å². The molecule has 9 nitrogen and oxygen atoms in total. The van der Waals surface area contributed by atoms with Gasteiger partial charge in [0.15, 0.2) is 11.6 Å². The molecule has 0 N–H and O–H groups in total. The van der Waals surface area contributed by atoms with E-state index >= 15 is 0 Å². The number of Topliss-reactive ketones (excluding diaryl/α,β-unsaturated/α-hetero) is 2. The fraction of sp³-hybridized carbons (Fsp3) is 0.478. The molecule has 0 fully saturated rings. The first-order valence-electron chi connectivity index (χ1n) is 10.4. The maximum Gasteiger partial charge on any atom is 0.280 e. The molecule has 1 aliphatic heterocycles. The van der Waals surface area contributed by atoms with E-state index in [0.29, 0.717) is 24.4 Å². The lowest BCUT2D eigenvalue weighted by molar-refractivity contribution is -0.394. The van der Waals surface area contributed by atoms with Gasteiger partial charge in [-0.2, -0.15) is 0 Å². The van der Waals surface area contributed by atoms with Gasteiger partial charge < -0.3 is 4.74 Å². The Hall–Kier alpha value is -3.36. The number of hydrogen-bond donors (Lipinski definition) is 0. The number of hydrogen-bond acceptors (Lipinski definition) is 7. The van der Waals surface area contributed by atoms with Gasteiger partial charge in [0, 0.05) is 48.5 Å². The summed E-state index contributed by atoms with van der Waals surface area (Å²) in [7, 11) is 0. The lowest BCUT2D eigenvalue weighted by Gasteiger charge is -2.42. The van der Waals surface area contributed by atoms with Gasteiger partial charge in [-0.1, -0.05) is 27.7 Å². The molecule has 0 spiro atoms. The molecule has 2 aliphatic carbocycles. The molecule has 0 radical (unpaired) electrons. The second kappa shape index (κ2) is 7.08. The highest BCUT2D eigenvalue weighted by molar-refractivity contribution is 6.06. The highest BCUT2D eigenvalue weighted by Gasteiger charge is 2.49. The summed E-state index contributed by atoms with van der Waals surface area (Å²) in [6, 6.07) is 3.36. The number of nitrogens with zero attached hydrogens (tertiary/aromatic N) is 2. The summed E-state index contributed by atoms with van der Waals surface area (Å²) in [5, 5.41) is 23.1. The molecule has 0 unspecified atom stereocenters. The Morgan fingerprint density at radius 2 is 1.34 bits per heavy atom. The number of ketones is 2. The molecule has 0 atom stereocenters. The third-order valence-corrected chi connectivity index (χ3v) is 6.31. The minimum absolute atomic E-state index is 0.102. The third-order valence-electron chi connectivity index (χ3n) is 6.31. The van der Waals surface area contributed by atoms with E-state index in [2.05, 4.69) is 0 Å². The number of carbonyl (C=O) groups excluding carboxylic acids is 2. The van der Waals surface area contributed by atoms with E-state index in [1.807, 2.05) is 27.7 Å². The van der Waals surface area contributed by atoms with Crippen molar-refractivity contribution < 1.29 is 24.2 Å². The standard InChI is InChI=1S/C23H24N2O7/c1-22(2)8-15(26)20-17(10-22)32-18-11-23(3,4)9-16(27)21(18)19(20)13-6-5-12(24(28)29)7-14(13)25(30)31/h5-7,19H,8-11H2,1-4H3. The zero-order valence-electron chi connectivity index (χ0n) is 18.4. The van der Waals surface area contributed by atoms with E-state index in [9.17, 15) is 29.8 Å². The van der Waals surface area contributed by atoms with E-state index in [1.165, 1.54) is 12.1 Å². The van der Waals surface area contributed by atoms with Crippen LogP contribution in [0.1, 0.15) is 64.9 Å². The smallest absolute Gasteiger partial charge is 0.280 e. The minimum Gasteiger partial charge on any atom is -0.465 e. The van der Waals surface area contributed by atoms with Crippen molar-refractivity contribution >= 4 is 22.9 Å². The van der Waals surface area contributed by atoms with Gasteiger partial charge in [-0.3, -0.25) is 29.8 Å². The van der Waals surface area contributed by atoms with Crippen LogP contribution in [-0.4, -0.2) is 21.4 Å². The lowest BCUT2D eigenvalue weighted by atomic mass is 9.65. The molecule has 32 heavy (non-hydrogen) atoms. The minimum atomic E-state index is -0.970. The van der Waals surface area contributed by atoms with Crippen LogP contribution in [0.15, 0.2) is 40.9 Å². The fourth-order valence-electron chi connectivity index (χ4n) is 5.03. The molecule has 1 aromatic rings. The Kier molecular flexibility index (Phi) is 4.84. The molecule has 9 heteroatoms. The molecule has 4 rings (SSSR count). The Bertz CT molecular complexity index is 1100. The van der Waals surface area contributed by atoms with Gasteiger partial charge in [-0.05, 0) is 16.9 Å². The van der Waals surface area contributed by atoms with Crippen molar-refractivity contribution in [1.29, 1.82) is 0 Å². The van der Waals surface area contributed by atoms with Crippen molar-refractivity contribution in [3.63, 3.8) is 0 Å². The molecule has 0 aromatic heterocycles. The maximum absolute atomic E-state index is 13.2. The monoisotopic (exact) mass is 440 g/mol. The van der Waals surface area contributed by atoms with Gasteiger partial charge in [-0.25, -0.2) is 0 Å². The van der Waals surface area contributed by atoms with E-state index in [1.54, 1.807) is 0 Å². The van der Waals surface area contributed by atoms with Crippen LogP contribution >= 0.6 is 0 Å². The van der Waals surface area contributed by atoms with E-state index in [-0.39, 0.29) is 51.9 Å². The first kappa shape index (κ1) is 21.9. The average Bonchev–Trinajstić information content (AvgIpc) is 2.63. The van der Waals surface area contributed by atoms with Crippen LogP contribution in [0.4, 0.5) is 11.4 Å². The summed E-state index contributed by atoms with van der Waals surface area (Å²) in [5.74, 6) is -0.542. The van der Waals surface area contributed by atoms with Gasteiger partial charge in [0.25, 0.3) is 11.4 Å². The predicted molar refractivity (Wildman–Crippen MR) is 114 cm³/mol. The summed E-state index contributed by atoms with van der Waals surface area (Å²) in [5.41, 5.74) is -1.00. The molecular weight excluding hydrogens is 416 g/mol. The van der Waals surface area contributed by atoms with E-state index in [4.69, 9.17) is 4.74 Å². The molecule has 0 amide bonds. The van der Waals surface area contributed by atoms with Crippen LogP contribution in [0.25, 0.3) is 0 Å². The number of nitro groups is 2. The summed E-state index contributed by atoms with van der Waals surface area (Å²) < 4.78 is 6.16. The van der Waals surface area contributed by atoms with Crippen molar-refractivity contribution in [2.45, 2.75) is 59.3 Å². The number of benzene rings is 1. The van der Waals surface area contributed by atoms with Gasteiger partial charge in [-0.15, -0.1) is 0 Å². The van der Waals surface area contributed by atoms with Crippen LogP contribution in [0, 0.1) is 31.1 Å². The van der Waals surface area contributed by atoms with Crippen LogP contribution in [-0.2, 0) is 14.3 Å². The normalized spacial score (nSPS) is 22.2. The van der Waals surface area contributed by atoms with Crippen molar-refractivity contribution in [3.8, 4) is 0 Å². The Balaban J connectivity index is 1.99. The average molecular weight is 440 g/mol. The van der Waals surface area contributed by atoms with Gasteiger partial charge in [0.1, 0.15) is 11.5 Å². The largest absolute Gasteiger partial charge is 0.465 e. The predicted octanol–water partition coefficient (Wildman–Crippen LogP) is 4.90. The summed E-state index contributed by atoms with van der Waals surface area (Å²) in [6.45, 7) is 7.78. The van der Waals surface area contributed by atoms with E-state index in [0.717, 1.165) is 6.07 Å². The second-order valence-electron chi connectivity index (χ2n) is 10.3. The molecule has 1 aromatic carbocycles. The van der Waals surface area contributed by atoms with Crippen LogP contribution in [0.5, 0.6) is 0 Å². The molecular formula is C23H24N2O7. The first-order chi connectivity index (χ1) is 14.8. The summed E-state index contributed by atoms with van der Waals surface area (Å²) >= 11 is 0. The molecule has 0 bridgehead atoms.